The predicted octanol–water partition coefficient (Wildman–Crippen LogP) is 2.75. The first-order chi connectivity index (χ1) is 7.16. The van der Waals surface area contributed by atoms with Crippen LogP contribution in [0.2, 0.25) is 5.15 Å². The van der Waals surface area contributed by atoms with Crippen molar-refractivity contribution in [3.05, 3.63) is 8.98 Å². The van der Waals surface area contributed by atoms with Gasteiger partial charge in [-0.3, -0.25) is 4.57 Å². The number of halogens is 2. The third-order valence-corrected chi connectivity index (χ3v) is 4.27. The summed E-state index contributed by atoms with van der Waals surface area (Å²) < 4.78 is 2.80. The molecule has 0 aliphatic carbocycles. The molecule has 0 fully saturated rings. The van der Waals surface area contributed by atoms with Crippen LogP contribution in [0.15, 0.2) is 5.16 Å². The van der Waals surface area contributed by atoms with Crippen LogP contribution in [-0.4, -0.2) is 25.3 Å². The minimum Gasteiger partial charge on any atom is -0.300 e. The maximum absolute atomic E-state index is 6.04. The van der Waals surface area contributed by atoms with Crippen molar-refractivity contribution in [3.8, 4) is 0 Å². The highest BCUT2D eigenvalue weighted by Crippen LogP contribution is 2.36. The highest BCUT2D eigenvalue weighted by atomic mass is 127. The van der Waals surface area contributed by atoms with Crippen LogP contribution in [0.5, 0.6) is 0 Å². The van der Waals surface area contributed by atoms with Crippen LogP contribution in [0.4, 0.5) is 0 Å². The quantitative estimate of drug-likeness (QED) is 0.415. The topological polar surface area (TPSA) is 43.6 Å². The molecular formula is C8H6ClIN4S. The Bertz CT molecular complexity index is 555. The third-order valence-electron chi connectivity index (χ3n) is 2.33. The van der Waals surface area contributed by atoms with E-state index in [4.69, 9.17) is 11.6 Å². The van der Waals surface area contributed by atoms with Gasteiger partial charge in [-0.05, 0) is 6.92 Å². The molecule has 1 atom stereocenters. The van der Waals surface area contributed by atoms with Gasteiger partial charge in [0, 0.05) is 34.4 Å². The minimum absolute atomic E-state index is 0.428. The van der Waals surface area contributed by atoms with E-state index in [-0.39, 0.29) is 0 Å². The Hall–Kier alpha value is -0.0800. The number of nitrogens with zero attached hydrogens (tertiary/aromatic N) is 4. The molecule has 2 aromatic rings. The van der Waals surface area contributed by atoms with Gasteiger partial charge in [0.25, 0.3) is 0 Å². The van der Waals surface area contributed by atoms with Gasteiger partial charge in [0.2, 0.25) is 0 Å². The number of hydrogen-bond donors (Lipinski definition) is 0. The van der Waals surface area contributed by atoms with E-state index in [2.05, 4.69) is 49.0 Å². The molecule has 4 nitrogen and oxygen atoms in total. The second-order valence-corrected chi connectivity index (χ2v) is 5.69. The van der Waals surface area contributed by atoms with Crippen LogP contribution in [-0.2, 0) is 0 Å². The fourth-order valence-corrected chi connectivity index (χ4v) is 3.58. The predicted molar refractivity (Wildman–Crippen MR) is 68.5 cm³/mol. The smallest absolute Gasteiger partial charge is 0.194 e. The fourth-order valence-electron chi connectivity index (χ4n) is 1.66. The van der Waals surface area contributed by atoms with Crippen molar-refractivity contribution in [1.29, 1.82) is 0 Å². The lowest BCUT2D eigenvalue weighted by Crippen LogP contribution is -2.03. The summed E-state index contributed by atoms with van der Waals surface area (Å²) in [5.74, 6) is 1.05. The summed E-state index contributed by atoms with van der Waals surface area (Å²) in [6.07, 6.45) is 0. The van der Waals surface area contributed by atoms with Gasteiger partial charge in [-0.2, -0.15) is 0 Å². The number of thioether (sulfide) groups is 1. The molecule has 0 spiro atoms. The highest BCUT2D eigenvalue weighted by molar-refractivity contribution is 14.1. The number of rotatable bonds is 0. The third kappa shape index (κ3) is 1.45. The molecule has 78 valence electrons. The van der Waals surface area contributed by atoms with Gasteiger partial charge in [0.15, 0.2) is 19.8 Å². The van der Waals surface area contributed by atoms with Crippen LogP contribution in [0.25, 0.3) is 11.2 Å². The molecule has 7 heteroatoms. The number of aromatic nitrogens is 4. The molecule has 3 heterocycles. The zero-order valence-corrected chi connectivity index (χ0v) is 11.5. The zero-order chi connectivity index (χ0) is 10.6. The second-order valence-electron chi connectivity index (χ2n) is 3.38. The molecule has 0 bridgehead atoms. The van der Waals surface area contributed by atoms with Gasteiger partial charge in [-0.15, -0.1) is 0 Å². The Labute approximate surface area is 109 Å². The molecule has 0 aromatic carbocycles. The van der Waals surface area contributed by atoms with Crippen LogP contribution < -0.4 is 0 Å². The Balaban J connectivity index is 2.41. The molecule has 15 heavy (non-hydrogen) atoms. The minimum atomic E-state index is 0.428. The summed E-state index contributed by atoms with van der Waals surface area (Å²) >= 11 is 9.84. The van der Waals surface area contributed by atoms with E-state index >= 15 is 0 Å². The maximum Gasteiger partial charge on any atom is 0.194 e. The van der Waals surface area contributed by atoms with Gasteiger partial charge in [0.1, 0.15) is 5.52 Å². The molecular weight excluding hydrogens is 347 g/mol. The monoisotopic (exact) mass is 352 g/mol. The van der Waals surface area contributed by atoms with Gasteiger partial charge >= 0.3 is 0 Å². The molecule has 1 aliphatic heterocycles. The van der Waals surface area contributed by atoms with Crippen molar-refractivity contribution in [2.75, 3.05) is 5.75 Å². The first-order valence-corrected chi connectivity index (χ1v) is 6.85. The summed E-state index contributed by atoms with van der Waals surface area (Å²) in [5.41, 5.74) is 1.57. The van der Waals surface area contributed by atoms with Crippen molar-refractivity contribution in [2.24, 2.45) is 0 Å². The van der Waals surface area contributed by atoms with Gasteiger partial charge in [0.05, 0.1) is 0 Å². The first kappa shape index (κ1) is 10.1. The number of imidazole rings is 1. The molecule has 0 radical (unpaired) electrons. The van der Waals surface area contributed by atoms with Crippen molar-refractivity contribution in [2.45, 2.75) is 18.1 Å². The van der Waals surface area contributed by atoms with Gasteiger partial charge < -0.3 is 0 Å². The lowest BCUT2D eigenvalue weighted by Gasteiger charge is -2.05. The highest BCUT2D eigenvalue weighted by Gasteiger charge is 2.25. The molecule has 0 N–H and O–H groups in total. The van der Waals surface area contributed by atoms with Crippen LogP contribution in [0.1, 0.15) is 13.0 Å². The molecule has 3 rings (SSSR count). The first-order valence-electron chi connectivity index (χ1n) is 4.40. The van der Waals surface area contributed by atoms with Crippen molar-refractivity contribution in [1.82, 2.24) is 19.5 Å². The van der Waals surface area contributed by atoms with Crippen molar-refractivity contribution < 1.29 is 0 Å². The summed E-state index contributed by atoms with van der Waals surface area (Å²) in [4.78, 5) is 12.9. The lowest BCUT2D eigenvalue weighted by molar-refractivity contribution is 0.596. The number of fused-ring (bicyclic) bond motifs is 3. The SMILES string of the molecule is C[C@H]1CSc2nc3c(Cl)nc(I)nc3n21. The summed E-state index contributed by atoms with van der Waals surface area (Å²) in [6.45, 7) is 2.16. The molecule has 0 saturated heterocycles. The molecule has 1 aliphatic rings. The van der Waals surface area contributed by atoms with E-state index in [0.29, 0.717) is 20.5 Å². The van der Waals surface area contributed by atoms with E-state index in [0.717, 1.165) is 16.6 Å². The van der Waals surface area contributed by atoms with Crippen molar-refractivity contribution >= 4 is 57.1 Å². The number of hydrogen-bond acceptors (Lipinski definition) is 4. The molecule has 0 saturated carbocycles. The second kappa shape index (κ2) is 3.46. The van der Waals surface area contributed by atoms with E-state index in [1.807, 2.05) is 0 Å². The summed E-state index contributed by atoms with van der Waals surface area (Å²) in [6, 6.07) is 0.428. The van der Waals surface area contributed by atoms with Crippen LogP contribution >= 0.6 is 46.0 Å². The standard InChI is InChI=1S/C8H6ClIN4S/c1-3-2-15-8-11-4-5(9)12-7(10)13-6(4)14(3)8/h3H,2H2,1H3/t3-/m0/s1. The maximum atomic E-state index is 6.04. The molecule has 2 aromatic heterocycles. The molecule has 0 amide bonds. The van der Waals surface area contributed by atoms with Gasteiger partial charge in [-0.25, -0.2) is 15.0 Å². The Kier molecular flexibility index (Phi) is 2.33. The Morgan fingerprint density at radius 1 is 1.47 bits per heavy atom. The van der Waals surface area contributed by atoms with E-state index < -0.39 is 0 Å². The van der Waals surface area contributed by atoms with Crippen LogP contribution in [0.3, 0.4) is 0 Å². The average molecular weight is 353 g/mol. The normalized spacial score (nSPS) is 19.8. The van der Waals surface area contributed by atoms with Crippen LogP contribution in [0, 0.1) is 3.83 Å². The van der Waals surface area contributed by atoms with E-state index in [1.165, 1.54) is 0 Å². The Morgan fingerprint density at radius 3 is 3.07 bits per heavy atom. The fraction of sp³-hybridized carbons (Fsp3) is 0.375. The lowest BCUT2D eigenvalue weighted by atomic mass is 10.4. The van der Waals surface area contributed by atoms with E-state index in [9.17, 15) is 0 Å². The molecule has 0 unspecified atom stereocenters. The summed E-state index contributed by atoms with van der Waals surface area (Å²) in [5, 5.41) is 1.44. The zero-order valence-electron chi connectivity index (χ0n) is 7.74. The average Bonchev–Trinajstić information content (AvgIpc) is 2.68. The Morgan fingerprint density at radius 2 is 2.27 bits per heavy atom. The summed E-state index contributed by atoms with van der Waals surface area (Å²) in [7, 11) is 0. The largest absolute Gasteiger partial charge is 0.300 e. The van der Waals surface area contributed by atoms with Gasteiger partial charge in [-0.1, -0.05) is 23.4 Å². The van der Waals surface area contributed by atoms with E-state index in [1.54, 1.807) is 11.8 Å². The van der Waals surface area contributed by atoms with Crippen molar-refractivity contribution in [3.63, 3.8) is 0 Å².